The summed E-state index contributed by atoms with van der Waals surface area (Å²) in [4.78, 5) is 14.8. The molecule has 0 atom stereocenters. The maximum absolute atomic E-state index is 6.68. The molecule has 1 aliphatic rings. The van der Waals surface area contributed by atoms with Crippen LogP contribution in [0.25, 0.3) is 22.3 Å². The Morgan fingerprint density at radius 2 is 1.54 bits per heavy atom. The molecule has 182 valence electrons. The molecule has 2 aromatic carbocycles. The zero-order chi connectivity index (χ0) is 24.5. The molecule has 3 heterocycles. The van der Waals surface area contributed by atoms with Gasteiger partial charge in [0.1, 0.15) is 5.82 Å². The highest BCUT2D eigenvalue weighted by molar-refractivity contribution is 5.99. The molecule has 0 radical (unpaired) electrons. The summed E-state index contributed by atoms with van der Waals surface area (Å²) in [6, 6.07) is 19.4. The highest BCUT2D eigenvalue weighted by atomic mass is 15.4. The Morgan fingerprint density at radius 3 is 2.17 bits per heavy atom. The Bertz CT molecular complexity index is 1280. The van der Waals surface area contributed by atoms with Crippen LogP contribution < -0.4 is 10.6 Å². The number of anilines is 2. The molecule has 2 aromatic heterocycles. The SMILES string of the molecule is CC(C)c1ccc(-c2nc(N3CCN(C(C)C)CC3)nc3nn(Cc4ccccc4)c(N)c23)cc1. The first-order chi connectivity index (χ1) is 16.9. The van der Waals surface area contributed by atoms with Crippen LogP contribution in [0.4, 0.5) is 11.8 Å². The zero-order valence-electron chi connectivity index (χ0n) is 21.1. The second-order valence-electron chi connectivity index (χ2n) is 9.99. The molecule has 35 heavy (non-hydrogen) atoms. The molecule has 0 unspecified atom stereocenters. The minimum Gasteiger partial charge on any atom is -0.383 e. The number of aromatic nitrogens is 4. The lowest BCUT2D eigenvalue weighted by Crippen LogP contribution is -2.49. The minimum atomic E-state index is 0.473. The van der Waals surface area contributed by atoms with Crippen molar-refractivity contribution in [2.75, 3.05) is 36.8 Å². The fraction of sp³-hybridized carbons (Fsp3) is 0.393. The maximum atomic E-state index is 6.68. The number of rotatable bonds is 6. The lowest BCUT2D eigenvalue weighted by atomic mass is 10.00. The van der Waals surface area contributed by atoms with Gasteiger partial charge in [0.25, 0.3) is 0 Å². The standard InChI is InChI=1S/C28H35N7/c1-19(2)22-10-12-23(13-11-22)25-24-26(29)35(18-21-8-6-5-7-9-21)32-27(24)31-28(30-25)34-16-14-33(15-17-34)20(3)4/h5-13,19-20H,14-18,29H2,1-4H3. The van der Waals surface area contributed by atoms with Gasteiger partial charge in [-0.05, 0) is 30.9 Å². The van der Waals surface area contributed by atoms with Crippen LogP contribution in [0.15, 0.2) is 54.6 Å². The number of hydrogen-bond donors (Lipinski definition) is 1. The van der Waals surface area contributed by atoms with Gasteiger partial charge in [-0.3, -0.25) is 4.90 Å². The molecule has 1 fully saturated rings. The normalized spacial score (nSPS) is 15.0. The van der Waals surface area contributed by atoms with Gasteiger partial charge in [-0.15, -0.1) is 5.10 Å². The second kappa shape index (κ2) is 9.66. The number of nitrogen functional groups attached to an aromatic ring is 1. The average molecular weight is 470 g/mol. The van der Waals surface area contributed by atoms with Crippen molar-refractivity contribution in [1.29, 1.82) is 0 Å². The smallest absolute Gasteiger partial charge is 0.228 e. The number of nitrogens with zero attached hydrogens (tertiary/aromatic N) is 6. The molecule has 7 heteroatoms. The highest BCUT2D eigenvalue weighted by Gasteiger charge is 2.24. The van der Waals surface area contributed by atoms with Crippen LogP contribution in [0.3, 0.4) is 0 Å². The summed E-state index contributed by atoms with van der Waals surface area (Å²) in [5.74, 6) is 1.80. The van der Waals surface area contributed by atoms with Gasteiger partial charge in [0.15, 0.2) is 5.65 Å². The van der Waals surface area contributed by atoms with Crippen molar-refractivity contribution in [3.05, 3.63) is 65.7 Å². The molecule has 2 N–H and O–H groups in total. The topological polar surface area (TPSA) is 76.1 Å². The molecule has 1 aliphatic heterocycles. The van der Waals surface area contributed by atoms with Gasteiger partial charge in [0, 0.05) is 37.8 Å². The third kappa shape index (κ3) is 4.73. The third-order valence-electron chi connectivity index (χ3n) is 6.98. The first kappa shape index (κ1) is 23.3. The van der Waals surface area contributed by atoms with E-state index in [2.05, 4.69) is 73.9 Å². The lowest BCUT2D eigenvalue weighted by molar-refractivity contribution is 0.208. The van der Waals surface area contributed by atoms with Crippen molar-refractivity contribution in [3.63, 3.8) is 0 Å². The van der Waals surface area contributed by atoms with E-state index in [0.717, 1.165) is 54.3 Å². The van der Waals surface area contributed by atoms with Crippen LogP contribution in [0.1, 0.15) is 44.7 Å². The van der Waals surface area contributed by atoms with Crippen molar-refractivity contribution < 1.29 is 0 Å². The van der Waals surface area contributed by atoms with E-state index in [1.54, 1.807) is 0 Å². The lowest BCUT2D eigenvalue weighted by Gasteiger charge is -2.36. The summed E-state index contributed by atoms with van der Waals surface area (Å²) in [7, 11) is 0. The number of nitrogens with two attached hydrogens (primary N) is 1. The molecule has 0 spiro atoms. The fourth-order valence-corrected chi connectivity index (χ4v) is 4.73. The molecule has 0 saturated carbocycles. The van der Waals surface area contributed by atoms with E-state index in [-0.39, 0.29) is 0 Å². The monoisotopic (exact) mass is 469 g/mol. The summed E-state index contributed by atoms with van der Waals surface area (Å²) in [5, 5.41) is 5.66. The Labute approximate surface area is 207 Å². The Hall–Kier alpha value is -3.45. The molecular weight excluding hydrogens is 434 g/mol. The van der Waals surface area contributed by atoms with Gasteiger partial charge in [-0.2, -0.15) is 4.98 Å². The fourth-order valence-electron chi connectivity index (χ4n) is 4.73. The first-order valence-electron chi connectivity index (χ1n) is 12.6. The van der Waals surface area contributed by atoms with Crippen molar-refractivity contribution in [2.45, 2.75) is 46.2 Å². The van der Waals surface area contributed by atoms with Gasteiger partial charge in [0.05, 0.1) is 17.6 Å². The van der Waals surface area contributed by atoms with Gasteiger partial charge >= 0.3 is 0 Å². The second-order valence-corrected chi connectivity index (χ2v) is 9.99. The molecule has 4 aromatic rings. The predicted octanol–water partition coefficient (Wildman–Crippen LogP) is 4.78. The molecule has 0 aliphatic carbocycles. The van der Waals surface area contributed by atoms with Gasteiger partial charge in [-0.1, -0.05) is 68.4 Å². The molecule has 0 amide bonds. The van der Waals surface area contributed by atoms with Crippen LogP contribution in [0.2, 0.25) is 0 Å². The molecule has 1 saturated heterocycles. The number of fused-ring (bicyclic) bond motifs is 1. The summed E-state index contributed by atoms with van der Waals surface area (Å²) in [6.45, 7) is 13.3. The van der Waals surface area contributed by atoms with Gasteiger partial charge < -0.3 is 10.6 Å². The predicted molar refractivity (Wildman–Crippen MR) is 144 cm³/mol. The number of benzene rings is 2. The Kier molecular flexibility index (Phi) is 6.43. The quantitative estimate of drug-likeness (QED) is 0.438. The van der Waals surface area contributed by atoms with Crippen molar-refractivity contribution in [1.82, 2.24) is 24.6 Å². The van der Waals surface area contributed by atoms with E-state index >= 15 is 0 Å². The molecule has 5 rings (SSSR count). The van der Waals surface area contributed by atoms with E-state index in [9.17, 15) is 0 Å². The van der Waals surface area contributed by atoms with Gasteiger partial charge in [-0.25, -0.2) is 9.67 Å². The highest BCUT2D eigenvalue weighted by Crippen LogP contribution is 2.33. The van der Waals surface area contributed by atoms with Crippen molar-refractivity contribution in [2.24, 2.45) is 0 Å². The largest absolute Gasteiger partial charge is 0.383 e. The average Bonchev–Trinajstić information content (AvgIpc) is 3.19. The van der Waals surface area contributed by atoms with Gasteiger partial charge in [0.2, 0.25) is 5.95 Å². The van der Waals surface area contributed by atoms with Crippen molar-refractivity contribution >= 4 is 22.8 Å². The van der Waals surface area contributed by atoms with E-state index in [0.29, 0.717) is 30.0 Å². The van der Waals surface area contributed by atoms with Crippen LogP contribution in [0, 0.1) is 0 Å². The van der Waals surface area contributed by atoms with E-state index < -0.39 is 0 Å². The van der Waals surface area contributed by atoms with Crippen molar-refractivity contribution in [3.8, 4) is 11.3 Å². The van der Waals surface area contributed by atoms with E-state index in [1.807, 2.05) is 22.9 Å². The first-order valence-corrected chi connectivity index (χ1v) is 12.6. The maximum Gasteiger partial charge on any atom is 0.228 e. The molecular formula is C28H35N7. The Morgan fingerprint density at radius 1 is 0.857 bits per heavy atom. The molecule has 7 nitrogen and oxygen atoms in total. The summed E-state index contributed by atoms with van der Waals surface area (Å²) >= 11 is 0. The number of piperazine rings is 1. The summed E-state index contributed by atoms with van der Waals surface area (Å²) in [6.07, 6.45) is 0. The van der Waals surface area contributed by atoms with Crippen LogP contribution >= 0.6 is 0 Å². The summed E-state index contributed by atoms with van der Waals surface area (Å²) < 4.78 is 1.85. The van der Waals surface area contributed by atoms with Crippen LogP contribution in [-0.2, 0) is 6.54 Å². The Balaban J connectivity index is 1.58. The van der Waals surface area contributed by atoms with E-state index in [4.69, 9.17) is 20.8 Å². The van der Waals surface area contributed by atoms with E-state index in [1.165, 1.54) is 5.56 Å². The third-order valence-corrected chi connectivity index (χ3v) is 6.98. The van der Waals surface area contributed by atoms with Crippen LogP contribution in [-0.4, -0.2) is 56.9 Å². The van der Waals surface area contributed by atoms with Crippen LogP contribution in [0.5, 0.6) is 0 Å². The summed E-state index contributed by atoms with van der Waals surface area (Å²) in [5.41, 5.74) is 11.7. The number of hydrogen-bond acceptors (Lipinski definition) is 6. The molecule has 0 bridgehead atoms. The zero-order valence-corrected chi connectivity index (χ0v) is 21.1. The minimum absolute atomic E-state index is 0.473.